The van der Waals surface area contributed by atoms with Gasteiger partial charge in [0, 0.05) is 38.8 Å². The van der Waals surface area contributed by atoms with Crippen molar-refractivity contribution in [3.8, 4) is 44.5 Å². The zero-order valence-electron chi connectivity index (χ0n) is 38.2. The second-order valence-electron chi connectivity index (χ2n) is 18.3. The summed E-state index contributed by atoms with van der Waals surface area (Å²) in [6.07, 6.45) is 0. The van der Waals surface area contributed by atoms with Gasteiger partial charge in [0.1, 0.15) is 11.2 Å². The number of furan rings is 1. The van der Waals surface area contributed by atoms with Crippen LogP contribution < -0.4 is 9.80 Å². The summed E-state index contributed by atoms with van der Waals surface area (Å²) in [5.74, 6) is 0. The van der Waals surface area contributed by atoms with E-state index in [1.54, 1.807) is 0 Å². The van der Waals surface area contributed by atoms with Gasteiger partial charge in [-0.1, -0.05) is 212 Å². The monoisotopic (exact) mass is 892 g/mol. The molecule has 0 fully saturated rings. The molecule has 3 nitrogen and oxygen atoms in total. The van der Waals surface area contributed by atoms with Crippen LogP contribution in [0.2, 0.25) is 0 Å². The molecule has 1 aliphatic carbocycles. The number of nitrogens with zero attached hydrogens (tertiary/aromatic N) is 2. The minimum Gasteiger partial charge on any atom is -0.455 e. The summed E-state index contributed by atoms with van der Waals surface area (Å²) in [6.45, 7) is 0. The molecular formula is C67H44N2O. The van der Waals surface area contributed by atoms with Crippen molar-refractivity contribution in [2.24, 2.45) is 0 Å². The van der Waals surface area contributed by atoms with Crippen molar-refractivity contribution in [2.75, 3.05) is 9.80 Å². The Labute approximate surface area is 407 Å². The molecule has 0 radical (unpaired) electrons. The fraction of sp³-hybridized carbons (Fsp3) is 0.0149. The lowest BCUT2D eigenvalue weighted by atomic mass is 9.64. The maximum absolute atomic E-state index is 6.67. The van der Waals surface area contributed by atoms with E-state index in [1.807, 2.05) is 6.07 Å². The van der Waals surface area contributed by atoms with E-state index in [4.69, 9.17) is 4.42 Å². The average molecular weight is 893 g/mol. The number of para-hydroxylation sites is 6. The van der Waals surface area contributed by atoms with Crippen molar-refractivity contribution >= 4 is 56.1 Å². The Kier molecular flexibility index (Phi) is 9.11. The van der Waals surface area contributed by atoms with Crippen LogP contribution in [0.1, 0.15) is 22.3 Å². The van der Waals surface area contributed by atoms with E-state index >= 15 is 0 Å². The van der Waals surface area contributed by atoms with Crippen LogP contribution in [0.25, 0.3) is 66.4 Å². The van der Waals surface area contributed by atoms with Gasteiger partial charge < -0.3 is 14.2 Å². The summed E-state index contributed by atoms with van der Waals surface area (Å²) in [6, 6.07) is 97.4. The first-order chi connectivity index (χ1) is 34.8. The lowest BCUT2D eigenvalue weighted by molar-refractivity contribution is 0.670. The highest BCUT2D eigenvalue weighted by Gasteiger charge is 2.52. The zero-order valence-corrected chi connectivity index (χ0v) is 38.2. The quantitative estimate of drug-likeness (QED) is 0.159. The van der Waals surface area contributed by atoms with E-state index in [0.717, 1.165) is 66.9 Å². The molecule has 2 heterocycles. The van der Waals surface area contributed by atoms with E-state index in [1.165, 1.54) is 55.9 Å². The maximum atomic E-state index is 6.67. The van der Waals surface area contributed by atoms with Crippen LogP contribution in [0.4, 0.5) is 34.1 Å². The molecule has 0 N–H and O–H groups in total. The predicted molar refractivity (Wildman–Crippen MR) is 290 cm³/mol. The Morgan fingerprint density at radius 2 is 0.871 bits per heavy atom. The van der Waals surface area contributed by atoms with Gasteiger partial charge in [0.05, 0.1) is 28.2 Å². The number of fused-ring (bicyclic) bond motifs is 12. The molecule has 14 rings (SSSR count). The predicted octanol–water partition coefficient (Wildman–Crippen LogP) is 18.2. The zero-order chi connectivity index (χ0) is 46.2. The lowest BCUT2D eigenvalue weighted by Crippen LogP contribution is -2.36. The van der Waals surface area contributed by atoms with Crippen molar-refractivity contribution in [3.05, 3.63) is 289 Å². The molecule has 0 unspecified atom stereocenters. The number of hydrogen-bond acceptors (Lipinski definition) is 3. The Morgan fingerprint density at radius 3 is 1.66 bits per heavy atom. The molecule has 0 bridgehead atoms. The molecule has 1 aliphatic heterocycles. The summed E-state index contributed by atoms with van der Waals surface area (Å²) in [4.78, 5) is 4.95. The highest BCUT2D eigenvalue weighted by atomic mass is 16.3. The largest absolute Gasteiger partial charge is 0.455 e. The van der Waals surface area contributed by atoms with Crippen LogP contribution in [-0.2, 0) is 5.41 Å². The van der Waals surface area contributed by atoms with Gasteiger partial charge in [-0.2, -0.15) is 0 Å². The Bertz CT molecular complexity index is 3920. The number of anilines is 6. The molecule has 70 heavy (non-hydrogen) atoms. The van der Waals surface area contributed by atoms with Crippen molar-refractivity contribution in [1.82, 2.24) is 0 Å². The summed E-state index contributed by atoms with van der Waals surface area (Å²) in [7, 11) is 0. The van der Waals surface area contributed by atoms with Crippen LogP contribution in [0.5, 0.6) is 0 Å². The molecular weight excluding hydrogens is 849 g/mol. The molecule has 2 aliphatic rings. The minimum atomic E-state index is -0.613. The van der Waals surface area contributed by atoms with Gasteiger partial charge in [0.2, 0.25) is 0 Å². The molecule has 3 heteroatoms. The van der Waals surface area contributed by atoms with Crippen molar-refractivity contribution in [1.29, 1.82) is 0 Å². The van der Waals surface area contributed by atoms with Crippen LogP contribution in [-0.4, -0.2) is 0 Å². The fourth-order valence-corrected chi connectivity index (χ4v) is 11.8. The Morgan fingerprint density at radius 1 is 0.343 bits per heavy atom. The molecule has 0 amide bonds. The van der Waals surface area contributed by atoms with Crippen molar-refractivity contribution in [2.45, 2.75) is 5.41 Å². The maximum Gasteiger partial charge on any atom is 0.143 e. The average Bonchev–Trinajstić information content (AvgIpc) is 3.98. The first-order valence-corrected chi connectivity index (χ1v) is 24.1. The van der Waals surface area contributed by atoms with E-state index in [9.17, 15) is 0 Å². The van der Waals surface area contributed by atoms with Crippen LogP contribution in [0.3, 0.4) is 0 Å². The third-order valence-electron chi connectivity index (χ3n) is 14.7. The van der Waals surface area contributed by atoms with Gasteiger partial charge in [0.15, 0.2) is 0 Å². The number of benzene rings is 11. The summed E-state index contributed by atoms with van der Waals surface area (Å²) in [5.41, 5.74) is 22.2. The minimum absolute atomic E-state index is 0.613. The standard InChI is InChI=1S/C67H44N2O/c1-3-20-45(21-4-1)46-40-42-47(43-41-46)51-26-8-13-35-60(51)69(50-25-17-22-48(44-50)52-29-18-30-54-53-27-9-16-39-64(53)70-66(52)54)63-38-19-34-59-65(63)55-28-7-10-31-56(55)67(59)57-32-11-14-36-61(57)68(49-23-5-2-6-24-49)62-37-15-12-33-58(62)67/h1-44H. The highest BCUT2D eigenvalue weighted by molar-refractivity contribution is 6.10. The molecule has 0 atom stereocenters. The van der Waals surface area contributed by atoms with Gasteiger partial charge in [-0.25, -0.2) is 0 Å². The molecule has 1 aromatic heterocycles. The summed E-state index contributed by atoms with van der Waals surface area (Å²) < 4.78 is 6.67. The van der Waals surface area contributed by atoms with Gasteiger partial charge in [-0.15, -0.1) is 0 Å². The van der Waals surface area contributed by atoms with E-state index in [2.05, 4.69) is 271 Å². The highest BCUT2D eigenvalue weighted by Crippen LogP contribution is 2.65. The summed E-state index contributed by atoms with van der Waals surface area (Å²) >= 11 is 0. The lowest BCUT2D eigenvalue weighted by Gasteiger charge is -2.45. The second kappa shape index (κ2) is 16.0. The first-order valence-electron chi connectivity index (χ1n) is 24.1. The Hall–Kier alpha value is -9.18. The molecule has 0 saturated carbocycles. The van der Waals surface area contributed by atoms with Crippen molar-refractivity contribution in [3.63, 3.8) is 0 Å². The van der Waals surface area contributed by atoms with E-state index < -0.39 is 5.41 Å². The van der Waals surface area contributed by atoms with Crippen molar-refractivity contribution < 1.29 is 4.42 Å². The van der Waals surface area contributed by atoms with Crippen LogP contribution in [0.15, 0.2) is 271 Å². The Balaban J connectivity index is 1.03. The third kappa shape index (κ3) is 5.95. The number of hydrogen-bond donors (Lipinski definition) is 0. The summed E-state index contributed by atoms with van der Waals surface area (Å²) in [5, 5.41) is 2.23. The molecule has 328 valence electrons. The van der Waals surface area contributed by atoms with Gasteiger partial charge in [-0.05, 0) is 105 Å². The normalized spacial score (nSPS) is 12.9. The molecule has 1 spiro atoms. The fourth-order valence-electron chi connectivity index (χ4n) is 11.8. The van der Waals surface area contributed by atoms with Crippen LogP contribution in [0, 0.1) is 0 Å². The van der Waals surface area contributed by atoms with Gasteiger partial charge >= 0.3 is 0 Å². The first kappa shape index (κ1) is 39.9. The number of rotatable bonds is 7. The SMILES string of the molecule is c1ccc(-c2ccc(-c3ccccc3N(c3cccc(-c4cccc5c4oc4ccccc45)c3)c3cccc4c3-c3ccccc3C43c4ccccc4N(c4ccccc4)c4ccccc43)cc2)cc1. The van der Waals surface area contributed by atoms with Gasteiger partial charge in [-0.3, -0.25) is 0 Å². The van der Waals surface area contributed by atoms with Crippen LogP contribution >= 0.6 is 0 Å². The topological polar surface area (TPSA) is 19.6 Å². The smallest absolute Gasteiger partial charge is 0.143 e. The van der Waals surface area contributed by atoms with Gasteiger partial charge in [0.25, 0.3) is 0 Å². The molecule has 11 aromatic carbocycles. The van der Waals surface area contributed by atoms with E-state index in [-0.39, 0.29) is 0 Å². The third-order valence-corrected chi connectivity index (χ3v) is 14.7. The van der Waals surface area contributed by atoms with E-state index in [0.29, 0.717) is 0 Å². The molecule has 0 saturated heterocycles. The second-order valence-corrected chi connectivity index (χ2v) is 18.3. The molecule has 12 aromatic rings.